The summed E-state index contributed by atoms with van der Waals surface area (Å²) in [6, 6.07) is 16.1. The third kappa shape index (κ3) is 2.67. The molecule has 22 heavy (non-hydrogen) atoms. The van der Waals surface area contributed by atoms with E-state index < -0.39 is 5.79 Å². The van der Waals surface area contributed by atoms with Gasteiger partial charge in [0.2, 0.25) is 5.79 Å². The Bertz CT molecular complexity index is 653. The van der Waals surface area contributed by atoms with Crippen LogP contribution in [0.25, 0.3) is 0 Å². The highest BCUT2D eigenvalue weighted by atomic mass is 35.5. The Morgan fingerprint density at radius 3 is 2.18 bits per heavy atom. The number of benzene rings is 2. The quantitative estimate of drug-likeness (QED) is 0.785. The van der Waals surface area contributed by atoms with E-state index >= 15 is 0 Å². The zero-order valence-electron chi connectivity index (χ0n) is 13.2. The van der Waals surface area contributed by atoms with Crippen molar-refractivity contribution in [2.75, 3.05) is 13.2 Å². The van der Waals surface area contributed by atoms with Gasteiger partial charge in [0, 0.05) is 16.1 Å². The Labute approximate surface area is 137 Å². The van der Waals surface area contributed by atoms with E-state index in [0.29, 0.717) is 18.2 Å². The Kier molecular flexibility index (Phi) is 4.02. The van der Waals surface area contributed by atoms with Crippen molar-refractivity contribution in [2.45, 2.75) is 32.0 Å². The second kappa shape index (κ2) is 5.69. The third-order valence-corrected chi connectivity index (χ3v) is 4.36. The molecule has 3 heteroatoms. The SMILES string of the molecule is CC(C)(C)c1ccc(Cl)c(C2(c3ccccc3)OCCO2)c1. The Balaban J connectivity index is 2.18. The number of hydrogen-bond acceptors (Lipinski definition) is 2. The lowest BCUT2D eigenvalue weighted by atomic mass is 9.84. The van der Waals surface area contributed by atoms with Gasteiger partial charge in [0.25, 0.3) is 0 Å². The standard InChI is InChI=1S/C19H21ClO2/c1-18(2,3)15-9-10-17(20)16(13-15)19(21-11-12-22-19)14-7-5-4-6-8-14/h4-10,13H,11-12H2,1-3H3. The summed E-state index contributed by atoms with van der Waals surface area (Å²) in [5.41, 5.74) is 3.10. The fourth-order valence-electron chi connectivity index (χ4n) is 2.79. The van der Waals surface area contributed by atoms with Crippen molar-refractivity contribution in [3.63, 3.8) is 0 Å². The molecule has 2 aromatic carbocycles. The van der Waals surface area contributed by atoms with Crippen molar-refractivity contribution in [1.82, 2.24) is 0 Å². The minimum atomic E-state index is -0.903. The molecule has 0 aliphatic carbocycles. The summed E-state index contributed by atoms with van der Waals surface area (Å²) in [6.45, 7) is 7.68. The van der Waals surface area contributed by atoms with Crippen molar-refractivity contribution < 1.29 is 9.47 Å². The average Bonchev–Trinajstić information content (AvgIpc) is 2.98. The van der Waals surface area contributed by atoms with Crippen LogP contribution in [0.5, 0.6) is 0 Å². The molecule has 0 unspecified atom stereocenters. The summed E-state index contributed by atoms with van der Waals surface area (Å²) in [4.78, 5) is 0. The van der Waals surface area contributed by atoms with Crippen LogP contribution in [0.3, 0.4) is 0 Å². The lowest BCUT2D eigenvalue weighted by Crippen LogP contribution is -2.29. The molecule has 3 rings (SSSR count). The van der Waals surface area contributed by atoms with Crippen LogP contribution < -0.4 is 0 Å². The van der Waals surface area contributed by atoms with Crippen LogP contribution in [0, 0.1) is 0 Å². The van der Waals surface area contributed by atoms with Crippen molar-refractivity contribution in [2.24, 2.45) is 0 Å². The van der Waals surface area contributed by atoms with E-state index in [0.717, 1.165) is 11.1 Å². The maximum absolute atomic E-state index is 6.51. The van der Waals surface area contributed by atoms with Crippen LogP contribution in [0.1, 0.15) is 37.5 Å². The molecule has 116 valence electrons. The molecular formula is C19H21ClO2. The van der Waals surface area contributed by atoms with E-state index in [1.165, 1.54) is 5.56 Å². The van der Waals surface area contributed by atoms with Gasteiger partial charge >= 0.3 is 0 Å². The minimum absolute atomic E-state index is 0.0375. The summed E-state index contributed by atoms with van der Waals surface area (Å²) >= 11 is 6.51. The molecule has 0 N–H and O–H groups in total. The van der Waals surface area contributed by atoms with Gasteiger partial charge < -0.3 is 9.47 Å². The summed E-state index contributed by atoms with van der Waals surface area (Å²) in [6.07, 6.45) is 0. The summed E-state index contributed by atoms with van der Waals surface area (Å²) in [7, 11) is 0. The molecule has 0 spiro atoms. The highest BCUT2D eigenvalue weighted by Crippen LogP contribution is 2.42. The smallest absolute Gasteiger partial charge is 0.223 e. The largest absolute Gasteiger partial charge is 0.340 e. The van der Waals surface area contributed by atoms with E-state index in [-0.39, 0.29) is 5.41 Å². The van der Waals surface area contributed by atoms with Gasteiger partial charge in [-0.25, -0.2) is 0 Å². The maximum Gasteiger partial charge on any atom is 0.223 e. The molecular weight excluding hydrogens is 296 g/mol. The molecule has 1 aliphatic heterocycles. The first-order valence-electron chi connectivity index (χ1n) is 7.57. The Morgan fingerprint density at radius 1 is 0.955 bits per heavy atom. The summed E-state index contributed by atoms with van der Waals surface area (Å²) < 4.78 is 12.1. The molecule has 1 aliphatic rings. The summed E-state index contributed by atoms with van der Waals surface area (Å²) in [5.74, 6) is -0.903. The van der Waals surface area contributed by atoms with Crippen molar-refractivity contribution in [1.29, 1.82) is 0 Å². The topological polar surface area (TPSA) is 18.5 Å². The van der Waals surface area contributed by atoms with E-state index in [4.69, 9.17) is 21.1 Å². The van der Waals surface area contributed by atoms with Crippen LogP contribution >= 0.6 is 11.6 Å². The first kappa shape index (κ1) is 15.5. The van der Waals surface area contributed by atoms with Gasteiger partial charge in [0.05, 0.1) is 13.2 Å². The van der Waals surface area contributed by atoms with Crippen LogP contribution in [-0.4, -0.2) is 13.2 Å². The fourth-order valence-corrected chi connectivity index (χ4v) is 3.03. The molecule has 2 aromatic rings. The minimum Gasteiger partial charge on any atom is -0.340 e. The molecule has 2 nitrogen and oxygen atoms in total. The van der Waals surface area contributed by atoms with E-state index in [2.05, 4.69) is 32.9 Å². The van der Waals surface area contributed by atoms with E-state index in [9.17, 15) is 0 Å². The highest BCUT2D eigenvalue weighted by molar-refractivity contribution is 6.31. The molecule has 0 radical (unpaired) electrons. The predicted molar refractivity (Wildman–Crippen MR) is 89.3 cm³/mol. The molecule has 0 bridgehead atoms. The Hall–Kier alpha value is -1.35. The van der Waals surface area contributed by atoms with Gasteiger partial charge in [0.15, 0.2) is 0 Å². The zero-order chi connectivity index (χ0) is 15.8. The molecule has 0 aromatic heterocycles. The van der Waals surface area contributed by atoms with Crippen molar-refractivity contribution in [3.8, 4) is 0 Å². The second-order valence-corrected chi connectivity index (χ2v) is 7.03. The molecule has 1 saturated heterocycles. The van der Waals surface area contributed by atoms with Crippen LogP contribution in [0.2, 0.25) is 5.02 Å². The van der Waals surface area contributed by atoms with Gasteiger partial charge in [-0.05, 0) is 23.1 Å². The van der Waals surface area contributed by atoms with E-state index in [1.807, 2.05) is 36.4 Å². The predicted octanol–water partition coefficient (Wildman–Crippen LogP) is 4.89. The molecule has 0 atom stereocenters. The van der Waals surface area contributed by atoms with Crippen LogP contribution in [0.4, 0.5) is 0 Å². The lowest BCUT2D eigenvalue weighted by molar-refractivity contribution is -0.129. The lowest BCUT2D eigenvalue weighted by Gasteiger charge is -2.31. The third-order valence-electron chi connectivity index (χ3n) is 4.03. The normalized spacial score (nSPS) is 17.6. The molecule has 0 saturated carbocycles. The Morgan fingerprint density at radius 2 is 1.59 bits per heavy atom. The number of halogens is 1. The second-order valence-electron chi connectivity index (χ2n) is 6.62. The van der Waals surface area contributed by atoms with Gasteiger partial charge in [-0.1, -0.05) is 68.8 Å². The van der Waals surface area contributed by atoms with Crippen LogP contribution in [0.15, 0.2) is 48.5 Å². The van der Waals surface area contributed by atoms with Gasteiger partial charge in [-0.3, -0.25) is 0 Å². The first-order chi connectivity index (χ1) is 10.4. The fraction of sp³-hybridized carbons (Fsp3) is 0.368. The first-order valence-corrected chi connectivity index (χ1v) is 7.95. The van der Waals surface area contributed by atoms with Crippen LogP contribution in [-0.2, 0) is 20.7 Å². The van der Waals surface area contributed by atoms with Gasteiger partial charge in [0.1, 0.15) is 0 Å². The maximum atomic E-state index is 6.51. The number of ether oxygens (including phenoxy) is 2. The monoisotopic (exact) mass is 316 g/mol. The van der Waals surface area contributed by atoms with Crippen molar-refractivity contribution in [3.05, 3.63) is 70.2 Å². The van der Waals surface area contributed by atoms with E-state index in [1.54, 1.807) is 0 Å². The average molecular weight is 317 g/mol. The zero-order valence-corrected chi connectivity index (χ0v) is 14.0. The molecule has 1 heterocycles. The number of hydrogen-bond donors (Lipinski definition) is 0. The summed E-state index contributed by atoms with van der Waals surface area (Å²) in [5, 5.41) is 0.666. The van der Waals surface area contributed by atoms with Gasteiger partial charge in [-0.2, -0.15) is 0 Å². The number of rotatable bonds is 2. The highest BCUT2D eigenvalue weighted by Gasteiger charge is 2.42. The van der Waals surface area contributed by atoms with Gasteiger partial charge in [-0.15, -0.1) is 0 Å². The molecule has 1 fully saturated rings. The van der Waals surface area contributed by atoms with Crippen molar-refractivity contribution >= 4 is 11.6 Å². The molecule has 0 amide bonds.